The molecule has 1 heterocycles. The summed E-state index contributed by atoms with van der Waals surface area (Å²) in [6.45, 7) is 1.89. The van der Waals surface area contributed by atoms with Crippen LogP contribution in [0.4, 0.5) is 5.13 Å². The fourth-order valence-electron chi connectivity index (χ4n) is 2.03. The van der Waals surface area contributed by atoms with E-state index >= 15 is 0 Å². The maximum Gasteiger partial charge on any atom is 0.238 e. The lowest BCUT2D eigenvalue weighted by atomic mass is 10.1. The van der Waals surface area contributed by atoms with Crippen LogP contribution in [0.15, 0.2) is 36.4 Å². The minimum absolute atomic E-state index is 0.000798. The molecule has 3 aromatic rings. The monoisotopic (exact) mass is 302 g/mol. The number of carbonyl (C=O) groups is 1. The second-order valence-corrected chi connectivity index (χ2v) is 6.73. The molecule has 3 rings (SSSR count). The average Bonchev–Trinajstić information content (AvgIpc) is 2.89. The average molecular weight is 302 g/mol. The Kier molecular flexibility index (Phi) is 3.63. The minimum atomic E-state index is -0.0706. The number of amides is 1. The zero-order chi connectivity index (χ0) is 14.1. The summed E-state index contributed by atoms with van der Waals surface area (Å²) in [5.74, 6) is 0.000798. The Morgan fingerprint density at radius 2 is 2.10 bits per heavy atom. The van der Waals surface area contributed by atoms with E-state index in [9.17, 15) is 4.79 Å². The van der Waals surface area contributed by atoms with Crippen LogP contribution in [0.2, 0.25) is 0 Å². The molecule has 0 aliphatic carbocycles. The van der Waals surface area contributed by atoms with Crippen molar-refractivity contribution >= 4 is 55.1 Å². The van der Waals surface area contributed by atoms with Crippen LogP contribution >= 0.6 is 23.1 Å². The summed E-state index contributed by atoms with van der Waals surface area (Å²) in [6, 6.07) is 12.3. The summed E-state index contributed by atoms with van der Waals surface area (Å²) in [5, 5.41) is 5.78. The van der Waals surface area contributed by atoms with Crippen LogP contribution in [0, 0.1) is 0 Å². The van der Waals surface area contributed by atoms with E-state index in [4.69, 9.17) is 0 Å². The van der Waals surface area contributed by atoms with Gasteiger partial charge in [0, 0.05) is 5.39 Å². The highest BCUT2D eigenvalue weighted by molar-refractivity contribution is 7.99. The number of thioether (sulfide) groups is 1. The topological polar surface area (TPSA) is 42.0 Å². The van der Waals surface area contributed by atoms with E-state index in [1.165, 1.54) is 28.5 Å². The van der Waals surface area contributed by atoms with Crippen LogP contribution in [0.25, 0.3) is 21.0 Å². The number of aromatic nitrogens is 1. The first-order chi connectivity index (χ1) is 9.69. The van der Waals surface area contributed by atoms with Crippen LogP contribution in [0.1, 0.15) is 6.92 Å². The van der Waals surface area contributed by atoms with E-state index in [1.807, 2.05) is 25.3 Å². The van der Waals surface area contributed by atoms with Gasteiger partial charge in [0.1, 0.15) is 0 Å². The summed E-state index contributed by atoms with van der Waals surface area (Å²) in [6.07, 6.45) is 1.93. The molecule has 1 aromatic heterocycles. The summed E-state index contributed by atoms with van der Waals surface area (Å²) in [4.78, 5) is 16.5. The summed E-state index contributed by atoms with van der Waals surface area (Å²) < 4.78 is 1.09. The maximum atomic E-state index is 11.9. The van der Waals surface area contributed by atoms with Crippen LogP contribution in [0.3, 0.4) is 0 Å². The van der Waals surface area contributed by atoms with Crippen molar-refractivity contribution in [3.8, 4) is 0 Å². The summed E-state index contributed by atoms with van der Waals surface area (Å²) in [5.41, 5.74) is 0.959. The molecule has 0 aliphatic heterocycles. The van der Waals surface area contributed by atoms with Gasteiger partial charge in [-0.2, -0.15) is 11.8 Å². The Labute approximate surface area is 125 Å². The van der Waals surface area contributed by atoms with Crippen molar-refractivity contribution in [1.29, 1.82) is 0 Å². The van der Waals surface area contributed by atoms with Gasteiger partial charge < -0.3 is 5.32 Å². The zero-order valence-electron chi connectivity index (χ0n) is 11.2. The molecule has 0 radical (unpaired) electrons. The van der Waals surface area contributed by atoms with Crippen molar-refractivity contribution in [3.05, 3.63) is 36.4 Å². The lowest BCUT2D eigenvalue weighted by Crippen LogP contribution is -2.21. The lowest BCUT2D eigenvalue weighted by Gasteiger charge is -2.06. The molecular formula is C15H14N2OS2. The molecular weight excluding hydrogens is 288 g/mol. The van der Waals surface area contributed by atoms with Crippen LogP contribution in [0.5, 0.6) is 0 Å². The highest BCUT2D eigenvalue weighted by Crippen LogP contribution is 2.31. The van der Waals surface area contributed by atoms with Crippen molar-refractivity contribution < 1.29 is 4.79 Å². The van der Waals surface area contributed by atoms with Crippen LogP contribution in [-0.4, -0.2) is 22.4 Å². The van der Waals surface area contributed by atoms with E-state index in [-0.39, 0.29) is 11.2 Å². The second kappa shape index (κ2) is 5.42. The Bertz CT molecular complexity index is 782. The van der Waals surface area contributed by atoms with E-state index < -0.39 is 0 Å². The number of hydrogen-bond donors (Lipinski definition) is 1. The molecule has 1 N–H and O–H groups in total. The van der Waals surface area contributed by atoms with E-state index in [1.54, 1.807) is 0 Å². The summed E-state index contributed by atoms with van der Waals surface area (Å²) >= 11 is 3.04. The van der Waals surface area contributed by atoms with Gasteiger partial charge in [-0.3, -0.25) is 4.79 Å². The molecule has 102 valence electrons. The number of thiazole rings is 1. The Hall–Kier alpha value is -1.59. The van der Waals surface area contributed by atoms with Crippen molar-refractivity contribution in [2.24, 2.45) is 0 Å². The molecule has 3 nitrogen and oxygen atoms in total. The van der Waals surface area contributed by atoms with Crippen LogP contribution in [-0.2, 0) is 4.79 Å². The van der Waals surface area contributed by atoms with Crippen molar-refractivity contribution in [3.63, 3.8) is 0 Å². The predicted octanol–water partition coefficient (Wildman–Crippen LogP) is 4.14. The Morgan fingerprint density at radius 1 is 1.30 bits per heavy atom. The number of carbonyl (C=O) groups excluding carboxylic acids is 1. The van der Waals surface area contributed by atoms with Gasteiger partial charge in [0.2, 0.25) is 5.91 Å². The number of fused-ring (bicyclic) bond motifs is 3. The Balaban J connectivity index is 2.02. The molecule has 0 saturated carbocycles. The third-order valence-electron chi connectivity index (χ3n) is 3.24. The molecule has 0 aliphatic rings. The lowest BCUT2D eigenvalue weighted by molar-refractivity contribution is -0.115. The second-order valence-electron chi connectivity index (χ2n) is 4.52. The number of rotatable bonds is 3. The predicted molar refractivity (Wildman–Crippen MR) is 88.7 cm³/mol. The van der Waals surface area contributed by atoms with Gasteiger partial charge in [-0.05, 0) is 24.6 Å². The third-order valence-corrected chi connectivity index (χ3v) is 5.09. The normalized spacial score (nSPS) is 12.7. The number of nitrogens with one attached hydrogen (secondary N) is 1. The van der Waals surface area contributed by atoms with E-state index in [0.29, 0.717) is 5.13 Å². The molecule has 1 atom stereocenters. The van der Waals surface area contributed by atoms with Gasteiger partial charge in [0.15, 0.2) is 5.13 Å². The van der Waals surface area contributed by atoms with Crippen molar-refractivity contribution in [2.45, 2.75) is 12.2 Å². The van der Waals surface area contributed by atoms with Gasteiger partial charge in [0.25, 0.3) is 0 Å². The van der Waals surface area contributed by atoms with Crippen LogP contribution < -0.4 is 5.32 Å². The molecule has 0 spiro atoms. The van der Waals surface area contributed by atoms with Crippen molar-refractivity contribution in [2.75, 3.05) is 11.6 Å². The number of benzene rings is 2. The fraction of sp³-hybridized carbons (Fsp3) is 0.200. The first kappa shape index (κ1) is 13.4. The maximum absolute atomic E-state index is 11.9. The fourth-order valence-corrected chi connectivity index (χ4v) is 3.19. The molecule has 20 heavy (non-hydrogen) atoms. The first-order valence-electron chi connectivity index (χ1n) is 6.31. The van der Waals surface area contributed by atoms with Gasteiger partial charge in [0.05, 0.1) is 15.5 Å². The molecule has 5 heteroatoms. The largest absolute Gasteiger partial charge is 0.301 e. The highest BCUT2D eigenvalue weighted by Gasteiger charge is 2.14. The van der Waals surface area contributed by atoms with E-state index in [2.05, 4.69) is 34.6 Å². The van der Waals surface area contributed by atoms with Gasteiger partial charge in [-0.1, -0.05) is 41.7 Å². The van der Waals surface area contributed by atoms with Crippen molar-refractivity contribution in [1.82, 2.24) is 4.98 Å². The van der Waals surface area contributed by atoms with E-state index in [0.717, 1.165) is 15.6 Å². The molecule has 1 unspecified atom stereocenters. The standard InChI is InChI=1S/C15H14N2OS2/c1-9(19-2)14(18)17-15-16-13-11-6-4-3-5-10(11)7-8-12(13)20-15/h3-9H,1-2H3,(H,16,17,18). The Morgan fingerprint density at radius 3 is 2.90 bits per heavy atom. The summed E-state index contributed by atoms with van der Waals surface area (Å²) in [7, 11) is 0. The SMILES string of the molecule is CSC(C)C(=O)Nc1nc2c(ccc3ccccc32)s1. The van der Waals surface area contributed by atoms with Gasteiger partial charge in [-0.25, -0.2) is 4.98 Å². The number of hydrogen-bond acceptors (Lipinski definition) is 4. The third kappa shape index (κ3) is 2.39. The quantitative estimate of drug-likeness (QED) is 0.790. The molecule has 2 aromatic carbocycles. The molecule has 1 amide bonds. The zero-order valence-corrected chi connectivity index (χ0v) is 12.8. The minimum Gasteiger partial charge on any atom is -0.301 e. The molecule has 0 fully saturated rings. The molecule has 0 bridgehead atoms. The number of nitrogens with zero attached hydrogens (tertiary/aromatic N) is 1. The number of anilines is 1. The van der Waals surface area contributed by atoms with Gasteiger partial charge >= 0.3 is 0 Å². The first-order valence-corrected chi connectivity index (χ1v) is 8.41. The highest BCUT2D eigenvalue weighted by atomic mass is 32.2. The molecule has 0 saturated heterocycles. The smallest absolute Gasteiger partial charge is 0.238 e. The van der Waals surface area contributed by atoms with Gasteiger partial charge in [-0.15, -0.1) is 0 Å².